The van der Waals surface area contributed by atoms with E-state index in [1.807, 2.05) is 17.8 Å². The van der Waals surface area contributed by atoms with Crippen molar-refractivity contribution >= 4 is 0 Å². The van der Waals surface area contributed by atoms with Crippen molar-refractivity contribution in [1.29, 1.82) is 0 Å². The zero-order valence-corrected chi connectivity index (χ0v) is 11.6. The third kappa shape index (κ3) is 3.12. The second-order valence-electron chi connectivity index (χ2n) is 5.79. The minimum atomic E-state index is -0.584. The van der Waals surface area contributed by atoms with Crippen LogP contribution in [-0.2, 0) is 18.2 Å². The maximum absolute atomic E-state index is 10.7. The molecule has 0 aromatic carbocycles. The summed E-state index contributed by atoms with van der Waals surface area (Å²) in [4.78, 5) is 4.31. The van der Waals surface area contributed by atoms with Crippen molar-refractivity contribution in [2.24, 2.45) is 13.0 Å². The zero-order chi connectivity index (χ0) is 13.2. The molecule has 4 heteroatoms. The van der Waals surface area contributed by atoms with Crippen LogP contribution >= 0.6 is 0 Å². The van der Waals surface area contributed by atoms with Crippen LogP contribution in [0.3, 0.4) is 0 Å². The Morgan fingerprint density at radius 2 is 2.39 bits per heavy atom. The fourth-order valence-corrected chi connectivity index (χ4v) is 2.57. The van der Waals surface area contributed by atoms with Crippen LogP contribution in [0.25, 0.3) is 0 Å². The molecule has 2 heterocycles. The predicted molar refractivity (Wildman–Crippen MR) is 70.3 cm³/mol. The molecule has 2 rings (SSSR count). The first-order valence-corrected chi connectivity index (χ1v) is 6.80. The highest BCUT2D eigenvalue weighted by molar-refractivity contribution is 4.95. The number of nitrogens with zero attached hydrogens (tertiary/aromatic N) is 2. The maximum Gasteiger partial charge on any atom is 0.108 e. The second-order valence-corrected chi connectivity index (χ2v) is 5.79. The predicted octanol–water partition coefficient (Wildman–Crippen LogP) is 1.92. The molecule has 1 aromatic rings. The molecule has 0 saturated carbocycles. The van der Waals surface area contributed by atoms with Crippen molar-refractivity contribution in [2.45, 2.75) is 51.2 Å². The fourth-order valence-electron chi connectivity index (χ4n) is 2.57. The second kappa shape index (κ2) is 5.41. The standard InChI is InChI=1S/C14H24N2O2/c1-11(2)12-10-14(17,6-9-18-12)5-4-13-15-7-8-16(13)3/h7-8,11-12,17H,4-6,9-10H2,1-3H3. The number of ether oxygens (including phenoxy) is 1. The molecule has 1 aliphatic rings. The lowest BCUT2D eigenvalue weighted by Gasteiger charge is -2.38. The van der Waals surface area contributed by atoms with E-state index in [2.05, 4.69) is 18.8 Å². The molecule has 2 atom stereocenters. The van der Waals surface area contributed by atoms with Crippen LogP contribution in [-0.4, -0.2) is 33.0 Å². The Morgan fingerprint density at radius 1 is 1.61 bits per heavy atom. The Balaban J connectivity index is 1.93. The lowest BCUT2D eigenvalue weighted by molar-refractivity contribution is -0.120. The van der Waals surface area contributed by atoms with Gasteiger partial charge in [0.2, 0.25) is 0 Å². The van der Waals surface area contributed by atoms with Crippen LogP contribution in [0.2, 0.25) is 0 Å². The van der Waals surface area contributed by atoms with Gasteiger partial charge in [-0.25, -0.2) is 4.98 Å². The molecule has 0 bridgehead atoms. The molecule has 0 amide bonds. The third-order valence-corrected chi connectivity index (χ3v) is 3.96. The van der Waals surface area contributed by atoms with Gasteiger partial charge in [0.15, 0.2) is 0 Å². The highest BCUT2D eigenvalue weighted by Gasteiger charge is 2.36. The molecular weight excluding hydrogens is 228 g/mol. The van der Waals surface area contributed by atoms with E-state index < -0.39 is 5.60 Å². The number of hydrogen-bond acceptors (Lipinski definition) is 3. The van der Waals surface area contributed by atoms with Crippen LogP contribution in [0.15, 0.2) is 12.4 Å². The molecule has 1 fully saturated rings. The molecule has 18 heavy (non-hydrogen) atoms. The van der Waals surface area contributed by atoms with Gasteiger partial charge in [0, 0.05) is 38.9 Å². The lowest BCUT2D eigenvalue weighted by atomic mass is 9.83. The summed E-state index contributed by atoms with van der Waals surface area (Å²) in [6.45, 7) is 4.96. The van der Waals surface area contributed by atoms with E-state index in [0.29, 0.717) is 12.5 Å². The average Bonchev–Trinajstić information content (AvgIpc) is 2.72. The molecule has 102 valence electrons. The molecule has 0 spiro atoms. The summed E-state index contributed by atoms with van der Waals surface area (Å²) in [5.74, 6) is 1.50. The molecule has 0 radical (unpaired) electrons. The summed E-state index contributed by atoms with van der Waals surface area (Å²) in [7, 11) is 1.99. The molecule has 0 aliphatic carbocycles. The van der Waals surface area contributed by atoms with Crippen molar-refractivity contribution in [3.05, 3.63) is 18.2 Å². The van der Waals surface area contributed by atoms with Crippen molar-refractivity contribution in [3.63, 3.8) is 0 Å². The average molecular weight is 252 g/mol. The Bertz CT molecular complexity index is 389. The van der Waals surface area contributed by atoms with Gasteiger partial charge in [0.25, 0.3) is 0 Å². The lowest BCUT2D eigenvalue weighted by Crippen LogP contribution is -2.43. The summed E-state index contributed by atoms with van der Waals surface area (Å²) < 4.78 is 7.73. The molecular formula is C14H24N2O2. The molecule has 1 saturated heterocycles. The van der Waals surface area contributed by atoms with E-state index in [0.717, 1.165) is 31.5 Å². The minimum Gasteiger partial charge on any atom is -0.390 e. The van der Waals surface area contributed by atoms with Gasteiger partial charge < -0.3 is 14.4 Å². The number of hydrogen-bond donors (Lipinski definition) is 1. The van der Waals surface area contributed by atoms with E-state index in [-0.39, 0.29) is 6.10 Å². The molecule has 1 aromatic heterocycles. The summed E-state index contributed by atoms with van der Waals surface area (Å²) in [5, 5.41) is 10.7. The number of aliphatic hydroxyl groups is 1. The smallest absolute Gasteiger partial charge is 0.108 e. The van der Waals surface area contributed by atoms with Gasteiger partial charge in [-0.15, -0.1) is 0 Å². The van der Waals surface area contributed by atoms with E-state index in [1.54, 1.807) is 6.20 Å². The number of rotatable bonds is 4. The van der Waals surface area contributed by atoms with E-state index in [4.69, 9.17) is 4.74 Å². The largest absolute Gasteiger partial charge is 0.390 e. The fraction of sp³-hybridized carbons (Fsp3) is 0.786. The highest BCUT2D eigenvalue weighted by Crippen LogP contribution is 2.31. The van der Waals surface area contributed by atoms with Crippen LogP contribution in [0.4, 0.5) is 0 Å². The van der Waals surface area contributed by atoms with Gasteiger partial charge in [0.05, 0.1) is 11.7 Å². The summed E-state index contributed by atoms with van der Waals surface area (Å²) >= 11 is 0. The van der Waals surface area contributed by atoms with Crippen LogP contribution in [0, 0.1) is 5.92 Å². The van der Waals surface area contributed by atoms with Crippen LogP contribution < -0.4 is 0 Å². The number of aromatic nitrogens is 2. The first-order valence-electron chi connectivity index (χ1n) is 6.80. The third-order valence-electron chi connectivity index (χ3n) is 3.96. The topological polar surface area (TPSA) is 47.3 Å². The van der Waals surface area contributed by atoms with E-state index >= 15 is 0 Å². The summed E-state index contributed by atoms with van der Waals surface area (Å²) in [6.07, 6.45) is 7.01. The van der Waals surface area contributed by atoms with Gasteiger partial charge >= 0.3 is 0 Å². The molecule has 4 nitrogen and oxygen atoms in total. The van der Waals surface area contributed by atoms with Gasteiger partial charge in [0.1, 0.15) is 5.82 Å². The Morgan fingerprint density at radius 3 is 3.00 bits per heavy atom. The SMILES string of the molecule is CC(C)C1CC(O)(CCc2nccn2C)CCO1. The number of aryl methyl sites for hydroxylation is 2. The van der Waals surface area contributed by atoms with E-state index in [9.17, 15) is 5.11 Å². The molecule has 1 aliphatic heterocycles. The van der Waals surface area contributed by atoms with Gasteiger partial charge in [-0.05, 0) is 18.8 Å². The maximum atomic E-state index is 10.7. The Hall–Kier alpha value is -0.870. The minimum absolute atomic E-state index is 0.185. The van der Waals surface area contributed by atoms with Crippen molar-refractivity contribution in [1.82, 2.24) is 9.55 Å². The monoisotopic (exact) mass is 252 g/mol. The first-order chi connectivity index (χ1) is 8.50. The summed E-state index contributed by atoms with van der Waals surface area (Å²) in [5.41, 5.74) is -0.584. The van der Waals surface area contributed by atoms with Crippen LogP contribution in [0.1, 0.15) is 38.9 Å². The van der Waals surface area contributed by atoms with Crippen molar-refractivity contribution < 1.29 is 9.84 Å². The van der Waals surface area contributed by atoms with Crippen molar-refractivity contribution in [2.75, 3.05) is 6.61 Å². The Kier molecular flexibility index (Phi) is 4.07. The van der Waals surface area contributed by atoms with E-state index in [1.165, 1.54) is 0 Å². The molecule has 2 unspecified atom stereocenters. The number of imidazole rings is 1. The highest BCUT2D eigenvalue weighted by atomic mass is 16.5. The van der Waals surface area contributed by atoms with Crippen molar-refractivity contribution in [3.8, 4) is 0 Å². The van der Waals surface area contributed by atoms with Gasteiger partial charge in [-0.1, -0.05) is 13.8 Å². The zero-order valence-electron chi connectivity index (χ0n) is 11.6. The quantitative estimate of drug-likeness (QED) is 0.890. The van der Waals surface area contributed by atoms with Crippen LogP contribution in [0.5, 0.6) is 0 Å². The first kappa shape index (κ1) is 13.6. The van der Waals surface area contributed by atoms with Gasteiger partial charge in [-0.2, -0.15) is 0 Å². The normalized spacial score (nSPS) is 28.8. The summed E-state index contributed by atoms with van der Waals surface area (Å²) in [6, 6.07) is 0. The molecule has 1 N–H and O–H groups in total. The Labute approximate surface area is 109 Å². The van der Waals surface area contributed by atoms with Gasteiger partial charge in [-0.3, -0.25) is 0 Å².